The molecule has 0 aliphatic heterocycles. The van der Waals surface area contributed by atoms with Crippen LogP contribution in [0.3, 0.4) is 0 Å². The van der Waals surface area contributed by atoms with E-state index in [-0.39, 0.29) is 0 Å². The van der Waals surface area contributed by atoms with E-state index in [4.69, 9.17) is 17.3 Å². The second-order valence-electron chi connectivity index (χ2n) is 2.94. The summed E-state index contributed by atoms with van der Waals surface area (Å²) in [4.78, 5) is 3.85. The van der Waals surface area contributed by atoms with E-state index in [9.17, 15) is 0 Å². The van der Waals surface area contributed by atoms with Gasteiger partial charge >= 0.3 is 0 Å². The molecule has 1 aromatic carbocycles. The maximum atomic E-state index is 6.00. The molecule has 0 atom stereocenters. The van der Waals surface area contributed by atoms with E-state index in [1.807, 2.05) is 12.1 Å². The first kappa shape index (κ1) is 9.02. The van der Waals surface area contributed by atoms with E-state index in [1.54, 1.807) is 17.1 Å². The van der Waals surface area contributed by atoms with Crippen molar-refractivity contribution in [1.82, 2.24) is 14.8 Å². The van der Waals surface area contributed by atoms with E-state index in [2.05, 4.69) is 10.1 Å². The van der Waals surface area contributed by atoms with Crippen LogP contribution in [0.2, 0.25) is 5.02 Å². The molecule has 72 valence electrons. The van der Waals surface area contributed by atoms with Crippen LogP contribution in [0.1, 0.15) is 5.56 Å². The summed E-state index contributed by atoms with van der Waals surface area (Å²) in [6.07, 6.45) is 3.14. The van der Waals surface area contributed by atoms with Gasteiger partial charge in [-0.1, -0.05) is 17.7 Å². The van der Waals surface area contributed by atoms with E-state index in [0.29, 0.717) is 17.3 Å². The van der Waals surface area contributed by atoms with Crippen molar-refractivity contribution in [2.75, 3.05) is 5.73 Å². The highest BCUT2D eigenvalue weighted by Gasteiger charge is 2.01. The fraction of sp³-hybridized carbons (Fsp3) is 0.111. The third kappa shape index (κ3) is 1.85. The molecule has 0 unspecified atom stereocenters. The Bertz CT molecular complexity index is 424. The Hall–Kier alpha value is -1.55. The van der Waals surface area contributed by atoms with Gasteiger partial charge in [0.15, 0.2) is 0 Å². The van der Waals surface area contributed by atoms with Gasteiger partial charge in [-0.2, -0.15) is 5.10 Å². The SMILES string of the molecule is Nc1ccc(Cn2cncn2)c(Cl)c1. The third-order valence-electron chi connectivity index (χ3n) is 1.88. The summed E-state index contributed by atoms with van der Waals surface area (Å²) in [5.74, 6) is 0. The topological polar surface area (TPSA) is 56.7 Å². The molecule has 0 amide bonds. The molecule has 0 saturated carbocycles. The Morgan fingerprint density at radius 3 is 2.93 bits per heavy atom. The van der Waals surface area contributed by atoms with Gasteiger partial charge in [-0.05, 0) is 17.7 Å². The van der Waals surface area contributed by atoms with Crippen molar-refractivity contribution >= 4 is 17.3 Å². The van der Waals surface area contributed by atoms with E-state index in [0.717, 1.165) is 5.56 Å². The van der Waals surface area contributed by atoms with Crippen LogP contribution >= 0.6 is 11.6 Å². The first-order valence-electron chi connectivity index (χ1n) is 4.12. The minimum Gasteiger partial charge on any atom is -0.399 e. The molecule has 4 nitrogen and oxygen atoms in total. The van der Waals surface area contributed by atoms with Crippen molar-refractivity contribution in [3.05, 3.63) is 41.4 Å². The van der Waals surface area contributed by atoms with Crippen LogP contribution in [0.4, 0.5) is 5.69 Å². The zero-order valence-corrected chi connectivity index (χ0v) is 8.15. The first-order valence-corrected chi connectivity index (χ1v) is 4.50. The van der Waals surface area contributed by atoms with Crippen molar-refractivity contribution in [3.63, 3.8) is 0 Å². The highest BCUT2D eigenvalue weighted by molar-refractivity contribution is 6.31. The molecule has 0 radical (unpaired) electrons. The van der Waals surface area contributed by atoms with Crippen molar-refractivity contribution in [1.29, 1.82) is 0 Å². The number of hydrogen-bond donors (Lipinski definition) is 1. The molecule has 2 aromatic rings. The van der Waals surface area contributed by atoms with Gasteiger partial charge in [0.1, 0.15) is 12.7 Å². The second kappa shape index (κ2) is 3.67. The third-order valence-corrected chi connectivity index (χ3v) is 2.23. The minimum absolute atomic E-state index is 0.610. The number of anilines is 1. The molecular weight excluding hydrogens is 200 g/mol. The molecule has 0 fully saturated rings. The monoisotopic (exact) mass is 208 g/mol. The lowest BCUT2D eigenvalue weighted by molar-refractivity contribution is 0.685. The van der Waals surface area contributed by atoms with E-state index in [1.165, 1.54) is 6.33 Å². The molecule has 2 rings (SSSR count). The second-order valence-corrected chi connectivity index (χ2v) is 3.35. The number of halogens is 1. The maximum Gasteiger partial charge on any atom is 0.137 e. The van der Waals surface area contributed by atoms with Gasteiger partial charge in [0.25, 0.3) is 0 Å². The van der Waals surface area contributed by atoms with Gasteiger partial charge in [0, 0.05) is 10.7 Å². The van der Waals surface area contributed by atoms with Gasteiger partial charge in [-0.25, -0.2) is 9.67 Å². The van der Waals surface area contributed by atoms with Crippen LogP contribution in [0.5, 0.6) is 0 Å². The molecule has 0 bridgehead atoms. The molecule has 0 aliphatic rings. The molecular formula is C9H9ClN4. The van der Waals surface area contributed by atoms with Gasteiger partial charge in [-0.15, -0.1) is 0 Å². The molecule has 0 aliphatic carbocycles. The maximum absolute atomic E-state index is 6.00. The molecule has 1 heterocycles. The number of nitrogens with two attached hydrogens (primary N) is 1. The lowest BCUT2D eigenvalue weighted by Gasteiger charge is -2.04. The molecule has 5 heteroatoms. The van der Waals surface area contributed by atoms with Crippen LogP contribution in [0.15, 0.2) is 30.9 Å². The zero-order valence-electron chi connectivity index (χ0n) is 7.39. The number of rotatable bonds is 2. The Morgan fingerprint density at radius 2 is 2.29 bits per heavy atom. The summed E-state index contributed by atoms with van der Waals surface area (Å²) >= 11 is 6.00. The quantitative estimate of drug-likeness (QED) is 0.763. The van der Waals surface area contributed by atoms with Crippen molar-refractivity contribution in [2.24, 2.45) is 0 Å². The summed E-state index contributed by atoms with van der Waals surface area (Å²) in [6.45, 7) is 0.610. The Labute approximate surface area is 86.3 Å². The zero-order chi connectivity index (χ0) is 9.97. The number of benzene rings is 1. The van der Waals surface area contributed by atoms with Crippen LogP contribution in [-0.4, -0.2) is 14.8 Å². The van der Waals surface area contributed by atoms with Gasteiger partial charge in [-0.3, -0.25) is 0 Å². The highest BCUT2D eigenvalue weighted by atomic mass is 35.5. The minimum atomic E-state index is 0.610. The average Bonchev–Trinajstić information content (AvgIpc) is 2.62. The van der Waals surface area contributed by atoms with Gasteiger partial charge < -0.3 is 5.73 Å². The predicted octanol–water partition coefficient (Wildman–Crippen LogP) is 1.56. The van der Waals surface area contributed by atoms with Crippen LogP contribution in [0.25, 0.3) is 0 Å². The molecule has 2 N–H and O–H groups in total. The van der Waals surface area contributed by atoms with E-state index >= 15 is 0 Å². The normalized spacial score (nSPS) is 10.4. The van der Waals surface area contributed by atoms with Crippen molar-refractivity contribution in [3.8, 4) is 0 Å². The Balaban J connectivity index is 2.25. The fourth-order valence-corrected chi connectivity index (χ4v) is 1.43. The summed E-state index contributed by atoms with van der Waals surface area (Å²) < 4.78 is 1.71. The molecule has 0 saturated heterocycles. The predicted molar refractivity (Wildman–Crippen MR) is 55.0 cm³/mol. The fourth-order valence-electron chi connectivity index (χ4n) is 1.18. The first-order chi connectivity index (χ1) is 6.75. The average molecular weight is 209 g/mol. The lowest BCUT2D eigenvalue weighted by atomic mass is 10.2. The summed E-state index contributed by atoms with van der Waals surface area (Å²) in [5, 5.41) is 4.64. The standard InChI is InChI=1S/C9H9ClN4/c10-9-3-8(11)2-1-7(9)4-14-6-12-5-13-14/h1-3,5-6H,4,11H2. The van der Waals surface area contributed by atoms with Crippen LogP contribution < -0.4 is 5.73 Å². The number of hydrogen-bond acceptors (Lipinski definition) is 3. The highest BCUT2D eigenvalue weighted by Crippen LogP contribution is 2.19. The Morgan fingerprint density at radius 1 is 1.43 bits per heavy atom. The van der Waals surface area contributed by atoms with Crippen LogP contribution in [0, 0.1) is 0 Å². The lowest BCUT2D eigenvalue weighted by Crippen LogP contribution is -2.00. The molecule has 14 heavy (non-hydrogen) atoms. The molecule has 0 spiro atoms. The van der Waals surface area contributed by atoms with Crippen LogP contribution in [-0.2, 0) is 6.54 Å². The Kier molecular flexibility index (Phi) is 2.37. The van der Waals surface area contributed by atoms with E-state index < -0.39 is 0 Å². The number of aromatic nitrogens is 3. The van der Waals surface area contributed by atoms with Crippen molar-refractivity contribution in [2.45, 2.75) is 6.54 Å². The largest absolute Gasteiger partial charge is 0.399 e. The number of nitrogen functional groups attached to an aromatic ring is 1. The van der Waals surface area contributed by atoms with Gasteiger partial charge in [0.05, 0.1) is 6.54 Å². The number of nitrogens with zero attached hydrogens (tertiary/aromatic N) is 3. The van der Waals surface area contributed by atoms with Crippen molar-refractivity contribution < 1.29 is 0 Å². The summed E-state index contributed by atoms with van der Waals surface area (Å²) in [5.41, 5.74) is 7.22. The smallest absolute Gasteiger partial charge is 0.137 e. The van der Waals surface area contributed by atoms with Gasteiger partial charge in [0.2, 0.25) is 0 Å². The molecule has 1 aromatic heterocycles. The summed E-state index contributed by atoms with van der Waals surface area (Å²) in [6, 6.07) is 5.44. The summed E-state index contributed by atoms with van der Waals surface area (Å²) in [7, 11) is 0.